The van der Waals surface area contributed by atoms with Crippen molar-refractivity contribution in [2.24, 2.45) is 11.7 Å². The predicted octanol–water partition coefficient (Wildman–Crippen LogP) is 1.26. The van der Waals surface area contributed by atoms with Crippen LogP contribution in [-0.2, 0) is 19.9 Å². The van der Waals surface area contributed by atoms with Crippen LogP contribution in [0.15, 0.2) is 34.1 Å². The normalized spacial score (nSPS) is 17.7. The predicted molar refractivity (Wildman–Crippen MR) is 92.0 cm³/mol. The number of sulfonamides is 1. The maximum absolute atomic E-state index is 12.6. The first kappa shape index (κ1) is 20.4. The van der Waals surface area contributed by atoms with Gasteiger partial charge in [0.2, 0.25) is 10.0 Å². The highest BCUT2D eigenvalue weighted by Gasteiger charge is 2.29. The van der Waals surface area contributed by atoms with E-state index in [9.17, 15) is 16.8 Å². The molecule has 0 aromatic heterocycles. The highest BCUT2D eigenvalue weighted by molar-refractivity contribution is 7.91. The molecule has 1 aromatic rings. The summed E-state index contributed by atoms with van der Waals surface area (Å²) in [6, 6.07) is 5.60. The van der Waals surface area contributed by atoms with Crippen LogP contribution in [0.25, 0.3) is 0 Å². The highest BCUT2D eigenvalue weighted by atomic mass is 35.5. The van der Waals surface area contributed by atoms with Crippen molar-refractivity contribution in [3.8, 4) is 0 Å². The number of nitrogens with two attached hydrogens (primary N) is 1. The van der Waals surface area contributed by atoms with E-state index in [2.05, 4.69) is 0 Å². The molecule has 23 heavy (non-hydrogen) atoms. The zero-order valence-corrected chi connectivity index (χ0v) is 15.5. The van der Waals surface area contributed by atoms with Crippen LogP contribution < -0.4 is 5.73 Å². The Kier molecular flexibility index (Phi) is 7.03. The first-order valence-electron chi connectivity index (χ1n) is 7.34. The Morgan fingerprint density at radius 1 is 1.13 bits per heavy atom. The number of rotatable bonds is 5. The van der Waals surface area contributed by atoms with Gasteiger partial charge in [0, 0.05) is 13.1 Å². The van der Waals surface area contributed by atoms with Crippen LogP contribution in [0.1, 0.15) is 19.8 Å². The van der Waals surface area contributed by atoms with E-state index in [0.717, 1.165) is 12.8 Å². The topological polar surface area (TPSA) is 97.5 Å². The summed E-state index contributed by atoms with van der Waals surface area (Å²) < 4.78 is 50.5. The Morgan fingerprint density at radius 2 is 1.70 bits per heavy atom. The summed E-state index contributed by atoms with van der Waals surface area (Å²) in [6.45, 7) is 2.95. The summed E-state index contributed by atoms with van der Waals surface area (Å²) in [4.78, 5) is 0.0844. The Labute approximate surface area is 144 Å². The van der Waals surface area contributed by atoms with Gasteiger partial charge in [-0.25, -0.2) is 16.8 Å². The summed E-state index contributed by atoms with van der Waals surface area (Å²) in [6.07, 6.45) is 1.48. The minimum atomic E-state index is -3.66. The lowest BCUT2D eigenvalue weighted by molar-refractivity contribution is 0.278. The van der Waals surface area contributed by atoms with Gasteiger partial charge in [-0.2, -0.15) is 4.31 Å². The third-order valence-electron chi connectivity index (χ3n) is 4.09. The molecular weight excluding hydrogens is 360 g/mol. The fourth-order valence-corrected chi connectivity index (χ4v) is 5.05. The van der Waals surface area contributed by atoms with Crippen molar-refractivity contribution >= 4 is 32.3 Å². The van der Waals surface area contributed by atoms with Crippen LogP contribution >= 0.6 is 12.4 Å². The van der Waals surface area contributed by atoms with Gasteiger partial charge in [0.1, 0.15) is 0 Å². The number of piperidine rings is 1. The lowest BCUT2D eigenvalue weighted by atomic mass is 9.99. The number of nitrogens with zero attached hydrogens (tertiary/aromatic N) is 1. The van der Waals surface area contributed by atoms with E-state index in [1.807, 2.05) is 0 Å². The van der Waals surface area contributed by atoms with Crippen molar-refractivity contribution in [3.05, 3.63) is 24.3 Å². The summed E-state index contributed by atoms with van der Waals surface area (Å²) in [5, 5.41) is 0. The minimum Gasteiger partial charge on any atom is -0.330 e. The Bertz CT molecular complexity index is 727. The molecule has 0 saturated carbocycles. The van der Waals surface area contributed by atoms with Crippen LogP contribution in [0.5, 0.6) is 0 Å². The van der Waals surface area contributed by atoms with E-state index in [1.54, 1.807) is 0 Å². The van der Waals surface area contributed by atoms with Gasteiger partial charge in [-0.3, -0.25) is 0 Å². The molecule has 0 unspecified atom stereocenters. The quantitative estimate of drug-likeness (QED) is 0.826. The second-order valence-electron chi connectivity index (χ2n) is 5.46. The maximum atomic E-state index is 12.6. The summed E-state index contributed by atoms with van der Waals surface area (Å²) in [5.41, 5.74) is 5.62. The average Bonchev–Trinajstić information content (AvgIpc) is 2.55. The zero-order chi connectivity index (χ0) is 16.4. The van der Waals surface area contributed by atoms with Crippen molar-refractivity contribution in [2.45, 2.75) is 29.6 Å². The van der Waals surface area contributed by atoms with Crippen molar-refractivity contribution in [2.75, 3.05) is 25.4 Å². The van der Waals surface area contributed by atoms with Gasteiger partial charge in [0.15, 0.2) is 9.84 Å². The lowest BCUT2D eigenvalue weighted by Gasteiger charge is -2.30. The number of hydrogen-bond donors (Lipinski definition) is 1. The van der Waals surface area contributed by atoms with E-state index in [0.29, 0.717) is 25.6 Å². The number of hydrogen-bond acceptors (Lipinski definition) is 5. The lowest BCUT2D eigenvalue weighted by Crippen LogP contribution is -2.40. The molecule has 2 N–H and O–H groups in total. The molecule has 132 valence electrons. The van der Waals surface area contributed by atoms with Crippen molar-refractivity contribution in [3.63, 3.8) is 0 Å². The first-order valence-corrected chi connectivity index (χ1v) is 10.4. The van der Waals surface area contributed by atoms with Crippen LogP contribution in [0.4, 0.5) is 0 Å². The molecular formula is C14H23ClN2O4S2. The first-order chi connectivity index (χ1) is 10.3. The minimum absolute atomic E-state index is 0. The molecule has 9 heteroatoms. The van der Waals surface area contributed by atoms with Gasteiger partial charge in [-0.05, 0) is 43.5 Å². The van der Waals surface area contributed by atoms with Gasteiger partial charge in [0.25, 0.3) is 0 Å². The third kappa shape index (κ3) is 4.45. The number of sulfone groups is 1. The Morgan fingerprint density at radius 3 is 2.22 bits per heavy atom. The number of benzene rings is 1. The standard InChI is InChI=1S/C14H22N2O4S2.ClH/c1-2-21(17,18)13-4-3-5-14(10-13)22(19,20)16-8-6-12(11-15)7-9-16;/h3-5,10,12H,2,6-9,11,15H2,1H3;1H. The average molecular weight is 383 g/mol. The van der Waals surface area contributed by atoms with E-state index >= 15 is 0 Å². The van der Waals surface area contributed by atoms with Crippen molar-refractivity contribution in [1.29, 1.82) is 0 Å². The molecule has 0 aliphatic carbocycles. The molecule has 1 saturated heterocycles. The van der Waals surface area contributed by atoms with Crippen molar-refractivity contribution in [1.82, 2.24) is 4.31 Å². The Balaban J connectivity index is 0.00000264. The molecule has 2 rings (SSSR count). The zero-order valence-electron chi connectivity index (χ0n) is 13.0. The van der Waals surface area contributed by atoms with Crippen LogP contribution in [0, 0.1) is 5.92 Å². The molecule has 6 nitrogen and oxygen atoms in total. The van der Waals surface area contributed by atoms with Gasteiger partial charge in [-0.15, -0.1) is 12.4 Å². The third-order valence-corrected chi connectivity index (χ3v) is 7.72. The molecule has 0 bridgehead atoms. The molecule has 0 radical (unpaired) electrons. The van der Waals surface area contributed by atoms with Crippen LogP contribution in [0.3, 0.4) is 0 Å². The molecule has 1 aliphatic rings. The van der Waals surface area contributed by atoms with Crippen LogP contribution in [-0.4, -0.2) is 46.5 Å². The molecule has 1 heterocycles. The number of halogens is 1. The Hall–Kier alpha value is -0.670. The van der Waals surface area contributed by atoms with Crippen molar-refractivity contribution < 1.29 is 16.8 Å². The monoisotopic (exact) mass is 382 g/mol. The van der Waals surface area contributed by atoms with Crippen LogP contribution in [0.2, 0.25) is 0 Å². The summed E-state index contributed by atoms with van der Waals surface area (Å²) in [5.74, 6) is 0.302. The van der Waals surface area contributed by atoms with E-state index in [4.69, 9.17) is 5.73 Å². The fourth-order valence-electron chi connectivity index (χ4n) is 2.53. The van der Waals surface area contributed by atoms with Gasteiger partial charge < -0.3 is 5.73 Å². The molecule has 1 aromatic carbocycles. The second-order valence-corrected chi connectivity index (χ2v) is 9.68. The van der Waals surface area contributed by atoms with Gasteiger partial charge in [-0.1, -0.05) is 13.0 Å². The smallest absolute Gasteiger partial charge is 0.243 e. The largest absolute Gasteiger partial charge is 0.330 e. The van der Waals surface area contributed by atoms with E-state index in [1.165, 1.54) is 35.5 Å². The molecule has 0 spiro atoms. The second kappa shape index (κ2) is 7.94. The molecule has 1 fully saturated rings. The van der Waals surface area contributed by atoms with Gasteiger partial charge >= 0.3 is 0 Å². The van der Waals surface area contributed by atoms with E-state index in [-0.39, 0.29) is 28.0 Å². The SMILES string of the molecule is CCS(=O)(=O)c1cccc(S(=O)(=O)N2CCC(CN)CC2)c1.Cl. The van der Waals surface area contributed by atoms with Gasteiger partial charge in [0.05, 0.1) is 15.5 Å². The van der Waals surface area contributed by atoms with E-state index < -0.39 is 19.9 Å². The maximum Gasteiger partial charge on any atom is 0.243 e. The highest BCUT2D eigenvalue weighted by Crippen LogP contribution is 2.25. The molecule has 1 aliphatic heterocycles. The fraction of sp³-hybridized carbons (Fsp3) is 0.571. The molecule has 0 atom stereocenters. The molecule has 0 amide bonds. The summed E-state index contributed by atoms with van der Waals surface area (Å²) >= 11 is 0. The summed E-state index contributed by atoms with van der Waals surface area (Å²) in [7, 11) is -7.08.